The summed E-state index contributed by atoms with van der Waals surface area (Å²) in [6.45, 7) is 6.37. The maximum Gasteiger partial charge on any atom is 0.419 e. The number of hydrogen-bond acceptors (Lipinski definition) is 6. The molecule has 0 radical (unpaired) electrons. The second-order valence-corrected chi connectivity index (χ2v) is 10.4. The molecular formula is C24H35F3N6O3. The highest BCUT2D eigenvalue weighted by Crippen LogP contribution is 2.46. The molecule has 2 amide bonds. The minimum absolute atomic E-state index is 0.0506. The molecule has 1 aromatic rings. The number of carbonyl (C=O) groups is 2. The largest absolute Gasteiger partial charge is 0.419 e. The summed E-state index contributed by atoms with van der Waals surface area (Å²) in [6, 6.07) is 2.10. The zero-order valence-electron chi connectivity index (χ0n) is 21.2. The van der Waals surface area contributed by atoms with Crippen LogP contribution in [0.3, 0.4) is 0 Å². The molecule has 9 nitrogen and oxygen atoms in total. The zero-order valence-corrected chi connectivity index (χ0v) is 21.2. The highest BCUT2D eigenvalue weighted by Gasteiger charge is 2.64. The molecule has 12 heteroatoms. The Morgan fingerprint density at radius 2 is 1.92 bits per heavy atom. The summed E-state index contributed by atoms with van der Waals surface area (Å²) in [7, 11) is 0. The van der Waals surface area contributed by atoms with Gasteiger partial charge in [0.05, 0.1) is 24.1 Å². The van der Waals surface area contributed by atoms with Crippen molar-refractivity contribution in [3.8, 4) is 6.07 Å². The number of aromatic nitrogens is 2. The predicted molar refractivity (Wildman–Crippen MR) is 126 cm³/mol. The molecular weight excluding hydrogens is 477 g/mol. The Balaban J connectivity index is 1.76. The SMILES string of the molecule is CCC(C)C(=O)Nc1nn([C@]2(CC#N)CC[C@H](N3CC(OC(C)C)(C(F)(F)F)C3)CC2)cc1C(N)=O. The molecule has 2 fully saturated rings. The predicted octanol–water partition coefficient (Wildman–Crippen LogP) is 3.56. The molecule has 36 heavy (non-hydrogen) atoms. The number of primary amides is 1. The summed E-state index contributed by atoms with van der Waals surface area (Å²) in [5, 5.41) is 16.7. The third kappa shape index (κ3) is 5.37. The van der Waals surface area contributed by atoms with Crippen LogP contribution in [0.25, 0.3) is 0 Å². The number of anilines is 1. The molecule has 3 N–H and O–H groups in total. The van der Waals surface area contributed by atoms with Gasteiger partial charge in [0.15, 0.2) is 11.4 Å². The van der Waals surface area contributed by atoms with Crippen LogP contribution in [0.5, 0.6) is 0 Å². The molecule has 1 saturated heterocycles. The summed E-state index contributed by atoms with van der Waals surface area (Å²) >= 11 is 0. The number of amides is 2. The van der Waals surface area contributed by atoms with Crippen LogP contribution in [-0.4, -0.2) is 63.5 Å². The Labute approximate surface area is 209 Å². The first-order valence-electron chi connectivity index (χ1n) is 12.3. The molecule has 1 atom stereocenters. The average molecular weight is 513 g/mol. The average Bonchev–Trinajstić information content (AvgIpc) is 3.20. The van der Waals surface area contributed by atoms with Gasteiger partial charge in [-0.3, -0.25) is 19.2 Å². The van der Waals surface area contributed by atoms with Gasteiger partial charge < -0.3 is 15.8 Å². The second kappa shape index (κ2) is 10.4. The first kappa shape index (κ1) is 27.9. The Bertz CT molecular complexity index is 1000. The van der Waals surface area contributed by atoms with E-state index in [2.05, 4.69) is 16.5 Å². The first-order chi connectivity index (χ1) is 16.8. The summed E-state index contributed by atoms with van der Waals surface area (Å²) < 4.78 is 47.9. The number of nitrogens with two attached hydrogens (primary N) is 1. The zero-order chi connectivity index (χ0) is 26.9. The third-order valence-electron chi connectivity index (χ3n) is 7.47. The number of carbonyl (C=O) groups excluding carboxylic acids is 2. The molecule has 1 aliphatic heterocycles. The molecule has 0 spiro atoms. The Kier molecular flexibility index (Phi) is 8.05. The molecule has 0 bridgehead atoms. The number of alkyl halides is 3. The van der Waals surface area contributed by atoms with E-state index < -0.39 is 29.3 Å². The van der Waals surface area contributed by atoms with Crippen molar-refractivity contribution in [2.45, 2.75) is 95.7 Å². The van der Waals surface area contributed by atoms with Crippen molar-refractivity contribution >= 4 is 17.6 Å². The lowest BCUT2D eigenvalue weighted by Gasteiger charge is -2.55. The van der Waals surface area contributed by atoms with E-state index in [9.17, 15) is 28.0 Å². The lowest BCUT2D eigenvalue weighted by atomic mass is 9.75. The quantitative estimate of drug-likeness (QED) is 0.521. The van der Waals surface area contributed by atoms with Gasteiger partial charge in [0.2, 0.25) is 5.91 Å². The van der Waals surface area contributed by atoms with Crippen molar-refractivity contribution in [3.63, 3.8) is 0 Å². The first-order valence-corrected chi connectivity index (χ1v) is 12.3. The van der Waals surface area contributed by atoms with E-state index in [1.54, 1.807) is 25.7 Å². The Morgan fingerprint density at radius 1 is 1.31 bits per heavy atom. The monoisotopic (exact) mass is 512 g/mol. The van der Waals surface area contributed by atoms with E-state index in [0.717, 1.165) is 0 Å². The van der Waals surface area contributed by atoms with Crippen LogP contribution in [-0.2, 0) is 15.1 Å². The van der Waals surface area contributed by atoms with Crippen LogP contribution >= 0.6 is 0 Å². The van der Waals surface area contributed by atoms with Crippen LogP contribution in [0.15, 0.2) is 6.20 Å². The molecule has 2 heterocycles. The minimum atomic E-state index is -4.46. The fourth-order valence-electron chi connectivity index (χ4n) is 5.09. The lowest BCUT2D eigenvalue weighted by molar-refractivity contribution is -0.332. The van der Waals surface area contributed by atoms with Crippen LogP contribution in [0.2, 0.25) is 0 Å². The van der Waals surface area contributed by atoms with E-state index in [4.69, 9.17) is 10.5 Å². The van der Waals surface area contributed by atoms with Gasteiger partial charge in [-0.1, -0.05) is 13.8 Å². The Morgan fingerprint density at radius 3 is 2.39 bits per heavy atom. The van der Waals surface area contributed by atoms with Crippen molar-refractivity contribution in [2.24, 2.45) is 11.7 Å². The van der Waals surface area contributed by atoms with Gasteiger partial charge in [0, 0.05) is 31.2 Å². The van der Waals surface area contributed by atoms with Crippen molar-refractivity contribution in [1.82, 2.24) is 14.7 Å². The van der Waals surface area contributed by atoms with Crippen LogP contribution in [0, 0.1) is 17.2 Å². The van der Waals surface area contributed by atoms with E-state index in [1.807, 2.05) is 6.92 Å². The molecule has 1 unspecified atom stereocenters. The van der Waals surface area contributed by atoms with Gasteiger partial charge in [-0.2, -0.15) is 23.5 Å². The van der Waals surface area contributed by atoms with Crippen molar-refractivity contribution in [3.05, 3.63) is 11.8 Å². The summed E-state index contributed by atoms with van der Waals surface area (Å²) in [5.41, 5.74) is 2.67. The fraction of sp³-hybridized carbons (Fsp3) is 0.750. The van der Waals surface area contributed by atoms with Gasteiger partial charge in [-0.05, 0) is 46.0 Å². The van der Waals surface area contributed by atoms with Gasteiger partial charge in [0.1, 0.15) is 5.56 Å². The fourth-order valence-corrected chi connectivity index (χ4v) is 5.09. The van der Waals surface area contributed by atoms with Crippen molar-refractivity contribution in [2.75, 3.05) is 18.4 Å². The maximum absolute atomic E-state index is 13.7. The van der Waals surface area contributed by atoms with Gasteiger partial charge >= 0.3 is 6.18 Å². The molecule has 1 aromatic heterocycles. The lowest BCUT2D eigenvalue weighted by Crippen LogP contribution is -2.73. The summed E-state index contributed by atoms with van der Waals surface area (Å²) in [5.74, 6) is -1.29. The molecule has 1 saturated carbocycles. The highest BCUT2D eigenvalue weighted by atomic mass is 19.4. The molecule has 2 aliphatic rings. The van der Waals surface area contributed by atoms with E-state index in [-0.39, 0.29) is 48.8 Å². The van der Waals surface area contributed by atoms with Crippen LogP contribution < -0.4 is 11.1 Å². The normalized spacial score (nSPS) is 25.1. The molecule has 0 aromatic carbocycles. The third-order valence-corrected chi connectivity index (χ3v) is 7.47. The number of hydrogen-bond donors (Lipinski definition) is 2. The number of nitrogens with zero attached hydrogens (tertiary/aromatic N) is 4. The number of nitrogens with one attached hydrogen (secondary N) is 1. The highest BCUT2D eigenvalue weighted by molar-refractivity contribution is 6.02. The number of ether oxygens (including phenoxy) is 1. The topological polar surface area (TPSA) is 126 Å². The smallest absolute Gasteiger partial charge is 0.365 e. The van der Waals surface area contributed by atoms with Gasteiger partial charge in [-0.15, -0.1) is 0 Å². The number of likely N-dealkylation sites (tertiary alicyclic amines) is 1. The van der Waals surface area contributed by atoms with Gasteiger partial charge in [-0.25, -0.2) is 0 Å². The number of rotatable bonds is 9. The standard InChI is InChI=1S/C24H35F3N6O3/c1-5-16(4)21(35)30-20-18(19(29)34)12-33(31-20)22(10-11-28)8-6-17(7-9-22)32-13-23(14-32,24(25,26)27)36-15(2)3/h12,15-17H,5-10,13-14H2,1-4H3,(H2,29,34)(H,30,31,35)/t16?,17-,22+. The maximum atomic E-state index is 13.7. The minimum Gasteiger partial charge on any atom is -0.365 e. The van der Waals surface area contributed by atoms with E-state index >= 15 is 0 Å². The summed E-state index contributed by atoms with van der Waals surface area (Å²) in [4.78, 5) is 26.2. The van der Waals surface area contributed by atoms with Crippen molar-refractivity contribution < 1.29 is 27.5 Å². The molecule has 3 rings (SSSR count). The molecule has 1 aliphatic carbocycles. The van der Waals surface area contributed by atoms with E-state index in [1.165, 1.54) is 10.9 Å². The number of nitriles is 1. The van der Waals surface area contributed by atoms with E-state index in [0.29, 0.717) is 32.1 Å². The van der Waals surface area contributed by atoms with Crippen molar-refractivity contribution in [1.29, 1.82) is 5.26 Å². The Hall–Kier alpha value is -2.65. The second-order valence-electron chi connectivity index (χ2n) is 10.4. The van der Waals surface area contributed by atoms with Gasteiger partial charge in [0.25, 0.3) is 5.91 Å². The van der Waals surface area contributed by atoms with Crippen LogP contribution in [0.4, 0.5) is 19.0 Å². The van der Waals surface area contributed by atoms with Crippen LogP contribution in [0.1, 0.15) is 76.6 Å². The number of halogens is 3. The molecule has 200 valence electrons. The summed E-state index contributed by atoms with van der Waals surface area (Å²) in [6.07, 6.45) is -0.778.